The fraction of sp³-hybridized carbons (Fsp3) is 0.250. The first-order valence-corrected chi connectivity index (χ1v) is 5.24. The minimum Gasteiger partial charge on any atom is -0.404 e. The minimum absolute atomic E-state index is 0.259. The molecule has 2 aromatic rings. The molecule has 0 spiro atoms. The molecule has 0 aliphatic rings. The standard InChI is InChI=1S/C8H8N4O3S/c1-5-10-11-8(16-5)9-4-6-2-3-7(15-6)12(13)14/h2-3H,4H2,1H3,(H,9,11). The van der Waals surface area contributed by atoms with Gasteiger partial charge < -0.3 is 9.73 Å². The van der Waals surface area contributed by atoms with Gasteiger partial charge in [0.05, 0.1) is 12.6 Å². The first-order chi connectivity index (χ1) is 7.65. The van der Waals surface area contributed by atoms with Crippen molar-refractivity contribution in [2.45, 2.75) is 13.5 Å². The molecule has 16 heavy (non-hydrogen) atoms. The second kappa shape index (κ2) is 4.27. The van der Waals surface area contributed by atoms with Crippen LogP contribution in [-0.2, 0) is 6.54 Å². The first-order valence-electron chi connectivity index (χ1n) is 4.42. The Hall–Kier alpha value is -1.96. The highest BCUT2D eigenvalue weighted by Crippen LogP contribution is 2.18. The summed E-state index contributed by atoms with van der Waals surface area (Å²) in [5.41, 5.74) is 0. The molecule has 7 nitrogen and oxygen atoms in total. The van der Waals surface area contributed by atoms with Gasteiger partial charge in [0, 0.05) is 0 Å². The van der Waals surface area contributed by atoms with E-state index in [1.165, 1.54) is 17.4 Å². The summed E-state index contributed by atoms with van der Waals surface area (Å²) in [6.45, 7) is 2.20. The summed E-state index contributed by atoms with van der Waals surface area (Å²) in [5.74, 6) is 0.227. The van der Waals surface area contributed by atoms with Crippen LogP contribution in [0.2, 0.25) is 0 Å². The van der Waals surface area contributed by atoms with Gasteiger partial charge in [-0.1, -0.05) is 11.3 Å². The Morgan fingerprint density at radius 3 is 2.94 bits per heavy atom. The van der Waals surface area contributed by atoms with Crippen LogP contribution in [0.3, 0.4) is 0 Å². The highest BCUT2D eigenvalue weighted by Gasteiger charge is 2.11. The molecule has 0 radical (unpaired) electrons. The molecule has 2 aromatic heterocycles. The molecule has 0 amide bonds. The molecule has 2 rings (SSSR count). The zero-order valence-corrected chi connectivity index (χ0v) is 9.15. The Labute approximate surface area is 94.3 Å². The molecule has 8 heteroatoms. The number of aromatic nitrogens is 2. The van der Waals surface area contributed by atoms with Crippen LogP contribution in [0.1, 0.15) is 10.8 Å². The third-order valence-electron chi connectivity index (χ3n) is 1.77. The highest BCUT2D eigenvalue weighted by molar-refractivity contribution is 7.15. The number of hydrogen-bond donors (Lipinski definition) is 1. The van der Waals surface area contributed by atoms with Crippen LogP contribution >= 0.6 is 11.3 Å². The van der Waals surface area contributed by atoms with E-state index >= 15 is 0 Å². The molecule has 84 valence electrons. The van der Waals surface area contributed by atoms with Gasteiger partial charge in [0.2, 0.25) is 5.13 Å². The lowest BCUT2D eigenvalue weighted by molar-refractivity contribution is -0.402. The average molecular weight is 240 g/mol. The lowest BCUT2D eigenvalue weighted by Gasteiger charge is -1.96. The summed E-state index contributed by atoms with van der Waals surface area (Å²) in [6, 6.07) is 2.88. The van der Waals surface area contributed by atoms with E-state index in [0.717, 1.165) is 5.01 Å². The van der Waals surface area contributed by atoms with Crippen LogP contribution in [-0.4, -0.2) is 15.1 Å². The highest BCUT2D eigenvalue weighted by atomic mass is 32.1. The fourth-order valence-corrected chi connectivity index (χ4v) is 1.68. The van der Waals surface area contributed by atoms with Gasteiger partial charge in [-0.25, -0.2) is 0 Å². The minimum atomic E-state index is -0.571. The Balaban J connectivity index is 1.97. The molecule has 0 fully saturated rings. The number of anilines is 1. The number of furan rings is 1. The predicted octanol–water partition coefficient (Wildman–Crippen LogP) is 1.96. The number of nitrogens with one attached hydrogen (secondary N) is 1. The fourth-order valence-electron chi connectivity index (χ4n) is 1.09. The molecule has 2 heterocycles. The van der Waals surface area contributed by atoms with Crippen molar-refractivity contribution in [3.63, 3.8) is 0 Å². The molecule has 0 atom stereocenters. The van der Waals surface area contributed by atoms with Gasteiger partial charge in [-0.3, -0.25) is 10.1 Å². The molecule has 0 aromatic carbocycles. The predicted molar refractivity (Wildman–Crippen MR) is 57.3 cm³/mol. The van der Waals surface area contributed by atoms with Gasteiger partial charge in [-0.2, -0.15) is 0 Å². The lowest BCUT2D eigenvalue weighted by Crippen LogP contribution is -1.97. The second-order valence-electron chi connectivity index (χ2n) is 2.98. The maximum atomic E-state index is 10.4. The van der Waals surface area contributed by atoms with Crippen LogP contribution in [0.4, 0.5) is 11.0 Å². The third-order valence-corrected chi connectivity index (χ3v) is 2.56. The van der Waals surface area contributed by atoms with Crippen LogP contribution in [0, 0.1) is 17.0 Å². The molecular formula is C8H8N4O3S. The summed E-state index contributed by atoms with van der Waals surface area (Å²) in [4.78, 5) is 9.79. The number of hydrogen-bond acceptors (Lipinski definition) is 7. The van der Waals surface area contributed by atoms with Crippen molar-refractivity contribution in [2.75, 3.05) is 5.32 Å². The van der Waals surface area contributed by atoms with Crippen molar-refractivity contribution < 1.29 is 9.34 Å². The van der Waals surface area contributed by atoms with E-state index in [1.807, 2.05) is 6.92 Å². The van der Waals surface area contributed by atoms with E-state index in [4.69, 9.17) is 4.42 Å². The normalized spacial score (nSPS) is 10.3. The van der Waals surface area contributed by atoms with E-state index < -0.39 is 4.92 Å². The molecule has 0 aliphatic carbocycles. The Bertz CT molecular complexity index is 507. The lowest BCUT2D eigenvalue weighted by atomic mass is 10.4. The molecule has 1 N–H and O–H groups in total. The van der Waals surface area contributed by atoms with Gasteiger partial charge in [-0.05, 0) is 13.0 Å². The van der Waals surface area contributed by atoms with Gasteiger partial charge in [0.1, 0.15) is 15.7 Å². The van der Waals surface area contributed by atoms with Crippen molar-refractivity contribution in [2.24, 2.45) is 0 Å². The van der Waals surface area contributed by atoms with Crippen LogP contribution in [0.5, 0.6) is 0 Å². The molecule has 0 aliphatic heterocycles. The SMILES string of the molecule is Cc1nnc(NCc2ccc([N+](=O)[O-])o2)s1. The molecular weight excluding hydrogens is 232 g/mol. The summed E-state index contributed by atoms with van der Waals surface area (Å²) in [6.07, 6.45) is 0. The monoisotopic (exact) mass is 240 g/mol. The van der Waals surface area contributed by atoms with Crippen molar-refractivity contribution >= 4 is 22.4 Å². The second-order valence-corrected chi connectivity index (χ2v) is 4.16. The van der Waals surface area contributed by atoms with Crippen molar-refractivity contribution in [3.8, 4) is 0 Å². The van der Waals surface area contributed by atoms with E-state index in [9.17, 15) is 10.1 Å². The third kappa shape index (κ3) is 2.34. The summed E-state index contributed by atoms with van der Waals surface area (Å²) < 4.78 is 4.97. The zero-order valence-electron chi connectivity index (χ0n) is 8.34. The molecule has 0 saturated carbocycles. The largest absolute Gasteiger partial charge is 0.433 e. The Kier molecular flexibility index (Phi) is 2.82. The summed E-state index contributed by atoms with van der Waals surface area (Å²) in [5, 5.41) is 22.5. The maximum absolute atomic E-state index is 10.4. The Morgan fingerprint density at radius 1 is 1.56 bits per heavy atom. The first kappa shape index (κ1) is 10.6. The van der Waals surface area contributed by atoms with Gasteiger partial charge >= 0.3 is 5.88 Å². The summed E-state index contributed by atoms with van der Waals surface area (Å²) >= 11 is 1.41. The number of nitrogens with zero attached hydrogens (tertiary/aromatic N) is 3. The van der Waals surface area contributed by atoms with Crippen molar-refractivity contribution in [3.05, 3.63) is 33.0 Å². The van der Waals surface area contributed by atoms with Crippen molar-refractivity contribution in [1.29, 1.82) is 0 Å². The van der Waals surface area contributed by atoms with Gasteiger partial charge in [0.25, 0.3) is 0 Å². The maximum Gasteiger partial charge on any atom is 0.433 e. The zero-order chi connectivity index (χ0) is 11.5. The van der Waals surface area contributed by atoms with Crippen molar-refractivity contribution in [1.82, 2.24) is 10.2 Å². The van der Waals surface area contributed by atoms with Gasteiger partial charge in [0.15, 0.2) is 0 Å². The molecule has 0 unspecified atom stereocenters. The van der Waals surface area contributed by atoms with Crippen LogP contribution in [0.15, 0.2) is 16.5 Å². The van der Waals surface area contributed by atoms with E-state index in [2.05, 4.69) is 15.5 Å². The van der Waals surface area contributed by atoms with Crippen LogP contribution in [0.25, 0.3) is 0 Å². The molecule has 0 saturated heterocycles. The number of rotatable bonds is 4. The van der Waals surface area contributed by atoms with E-state index in [1.54, 1.807) is 6.07 Å². The van der Waals surface area contributed by atoms with Gasteiger partial charge in [-0.15, -0.1) is 10.2 Å². The Morgan fingerprint density at radius 2 is 2.38 bits per heavy atom. The average Bonchev–Trinajstić information content (AvgIpc) is 2.83. The quantitative estimate of drug-likeness (QED) is 0.648. The number of nitro groups is 1. The van der Waals surface area contributed by atoms with E-state index in [0.29, 0.717) is 17.4 Å². The van der Waals surface area contributed by atoms with E-state index in [-0.39, 0.29) is 5.88 Å². The molecule has 0 bridgehead atoms. The smallest absolute Gasteiger partial charge is 0.404 e. The van der Waals surface area contributed by atoms with Crippen LogP contribution < -0.4 is 5.32 Å². The number of aryl methyl sites for hydroxylation is 1. The topological polar surface area (TPSA) is 94.1 Å². The summed E-state index contributed by atoms with van der Waals surface area (Å²) in [7, 11) is 0.